The summed E-state index contributed by atoms with van der Waals surface area (Å²) in [6.45, 7) is 0. The summed E-state index contributed by atoms with van der Waals surface area (Å²) in [5, 5.41) is 14.2. The van der Waals surface area contributed by atoms with Gasteiger partial charge in [-0.2, -0.15) is 0 Å². The maximum atomic E-state index is 12.2. The highest BCUT2D eigenvalue weighted by molar-refractivity contribution is 6.34. The Labute approximate surface area is 119 Å². The number of aliphatic hydroxyl groups is 1. The lowest BCUT2D eigenvalue weighted by Crippen LogP contribution is -2.35. The molecule has 0 bridgehead atoms. The largest absolute Gasteiger partial charge is 0.372 e. The molecule has 3 nitrogen and oxygen atoms in total. The number of amides is 1. The van der Waals surface area contributed by atoms with Crippen molar-refractivity contribution < 1.29 is 9.90 Å². The normalized spacial score (nSPS) is 21.1. The number of rotatable bonds is 1. The van der Waals surface area contributed by atoms with Crippen molar-refractivity contribution in [3.05, 3.63) is 63.6 Å². The van der Waals surface area contributed by atoms with Gasteiger partial charge in [-0.15, -0.1) is 0 Å². The van der Waals surface area contributed by atoms with E-state index in [1.54, 1.807) is 36.4 Å². The minimum atomic E-state index is -1.81. The first-order valence-corrected chi connectivity index (χ1v) is 6.38. The van der Waals surface area contributed by atoms with E-state index in [1.807, 2.05) is 0 Å². The molecule has 2 N–H and O–H groups in total. The van der Waals surface area contributed by atoms with Crippen LogP contribution in [0.4, 0.5) is 5.69 Å². The highest BCUT2D eigenvalue weighted by Gasteiger charge is 2.47. The fraction of sp³-hybridized carbons (Fsp3) is 0.0714. The minimum absolute atomic E-state index is 0.282. The molecular weight excluding hydrogens is 285 g/mol. The van der Waals surface area contributed by atoms with Crippen LogP contribution in [0.3, 0.4) is 0 Å². The molecule has 0 aromatic heterocycles. The lowest BCUT2D eigenvalue weighted by molar-refractivity contribution is -0.129. The van der Waals surface area contributed by atoms with Gasteiger partial charge >= 0.3 is 0 Å². The summed E-state index contributed by atoms with van der Waals surface area (Å²) in [4.78, 5) is 12.2. The monoisotopic (exact) mass is 293 g/mol. The Bertz CT molecular complexity index is 687. The third kappa shape index (κ3) is 1.74. The third-order valence-electron chi connectivity index (χ3n) is 3.21. The SMILES string of the molecule is O=C1Nc2ccccc2C1(O)c1cc(Cl)ccc1Cl. The number of para-hydroxylation sites is 1. The van der Waals surface area contributed by atoms with Crippen molar-refractivity contribution in [3.63, 3.8) is 0 Å². The Kier molecular flexibility index (Phi) is 2.78. The molecule has 0 spiro atoms. The van der Waals surface area contributed by atoms with Gasteiger partial charge in [0.1, 0.15) is 0 Å². The Morgan fingerprint density at radius 1 is 1.05 bits per heavy atom. The molecule has 1 amide bonds. The van der Waals surface area contributed by atoms with Crippen LogP contribution in [0.1, 0.15) is 11.1 Å². The van der Waals surface area contributed by atoms with Gasteiger partial charge in [-0.3, -0.25) is 4.79 Å². The molecular formula is C14H9Cl2NO2. The number of carbonyl (C=O) groups excluding carboxylic acids is 1. The van der Waals surface area contributed by atoms with E-state index >= 15 is 0 Å². The van der Waals surface area contributed by atoms with Crippen molar-refractivity contribution in [2.45, 2.75) is 5.60 Å². The fourth-order valence-electron chi connectivity index (χ4n) is 2.28. The zero-order chi connectivity index (χ0) is 13.6. The van der Waals surface area contributed by atoms with Gasteiger partial charge in [-0.25, -0.2) is 0 Å². The molecule has 0 fully saturated rings. The summed E-state index contributed by atoms with van der Waals surface area (Å²) >= 11 is 12.0. The van der Waals surface area contributed by atoms with E-state index < -0.39 is 11.5 Å². The molecule has 0 saturated heterocycles. The van der Waals surface area contributed by atoms with E-state index in [9.17, 15) is 9.90 Å². The summed E-state index contributed by atoms with van der Waals surface area (Å²) in [6.07, 6.45) is 0. The van der Waals surface area contributed by atoms with Gasteiger partial charge in [0.25, 0.3) is 5.91 Å². The molecule has 19 heavy (non-hydrogen) atoms. The van der Waals surface area contributed by atoms with Gasteiger partial charge in [0.05, 0.1) is 0 Å². The zero-order valence-electron chi connectivity index (χ0n) is 9.65. The fourth-order valence-corrected chi connectivity index (χ4v) is 2.71. The first-order valence-electron chi connectivity index (χ1n) is 5.62. The van der Waals surface area contributed by atoms with Crippen molar-refractivity contribution in [1.82, 2.24) is 0 Å². The Morgan fingerprint density at radius 3 is 2.58 bits per heavy atom. The van der Waals surface area contributed by atoms with Gasteiger partial charge in [0.2, 0.25) is 0 Å². The van der Waals surface area contributed by atoms with Gasteiger partial charge in [0.15, 0.2) is 5.60 Å². The third-order valence-corrected chi connectivity index (χ3v) is 3.78. The average Bonchev–Trinajstić information content (AvgIpc) is 2.66. The quantitative estimate of drug-likeness (QED) is 0.848. The summed E-state index contributed by atoms with van der Waals surface area (Å²) < 4.78 is 0. The molecule has 0 saturated carbocycles. The molecule has 0 aliphatic carbocycles. The van der Waals surface area contributed by atoms with Crippen molar-refractivity contribution >= 4 is 34.8 Å². The first kappa shape index (κ1) is 12.5. The van der Waals surface area contributed by atoms with Crippen LogP contribution in [-0.4, -0.2) is 11.0 Å². The standard InChI is InChI=1S/C14H9Cl2NO2/c15-8-5-6-11(16)10(7-8)14(19)9-3-1-2-4-12(9)17-13(14)18/h1-7,19H,(H,17,18). The van der Waals surface area contributed by atoms with Crippen LogP contribution in [0, 0.1) is 0 Å². The molecule has 3 rings (SSSR count). The van der Waals surface area contributed by atoms with Crippen LogP contribution in [0.5, 0.6) is 0 Å². The van der Waals surface area contributed by atoms with Crippen LogP contribution >= 0.6 is 23.2 Å². The summed E-state index contributed by atoms with van der Waals surface area (Å²) in [5.74, 6) is -0.530. The van der Waals surface area contributed by atoms with E-state index in [0.717, 1.165) is 0 Å². The Morgan fingerprint density at radius 2 is 1.79 bits per heavy atom. The molecule has 2 aromatic rings. The topological polar surface area (TPSA) is 49.3 Å². The molecule has 96 valence electrons. The number of carbonyl (C=O) groups is 1. The lowest BCUT2D eigenvalue weighted by atomic mass is 9.87. The van der Waals surface area contributed by atoms with E-state index in [-0.39, 0.29) is 5.56 Å². The number of fused-ring (bicyclic) bond motifs is 1. The molecule has 1 heterocycles. The maximum absolute atomic E-state index is 12.2. The van der Waals surface area contributed by atoms with E-state index in [4.69, 9.17) is 23.2 Å². The predicted molar refractivity (Wildman–Crippen MR) is 74.5 cm³/mol. The van der Waals surface area contributed by atoms with Crippen molar-refractivity contribution in [2.24, 2.45) is 0 Å². The minimum Gasteiger partial charge on any atom is -0.372 e. The van der Waals surface area contributed by atoms with Gasteiger partial charge < -0.3 is 10.4 Å². The molecule has 5 heteroatoms. The van der Waals surface area contributed by atoms with Crippen LogP contribution in [0.25, 0.3) is 0 Å². The van der Waals surface area contributed by atoms with E-state index in [1.165, 1.54) is 6.07 Å². The number of halogens is 2. The second kappa shape index (κ2) is 4.23. The number of hydrogen-bond acceptors (Lipinski definition) is 2. The predicted octanol–water partition coefficient (Wildman–Crippen LogP) is 3.18. The summed E-state index contributed by atoms with van der Waals surface area (Å²) in [7, 11) is 0. The van der Waals surface area contributed by atoms with Crippen molar-refractivity contribution in [2.75, 3.05) is 5.32 Å². The van der Waals surface area contributed by atoms with Gasteiger partial charge in [0, 0.05) is 26.9 Å². The smallest absolute Gasteiger partial charge is 0.265 e. The molecule has 1 aliphatic heterocycles. The summed E-state index contributed by atoms with van der Waals surface area (Å²) in [6, 6.07) is 11.6. The molecule has 1 atom stereocenters. The van der Waals surface area contributed by atoms with Crippen LogP contribution in [0.15, 0.2) is 42.5 Å². The van der Waals surface area contributed by atoms with Gasteiger partial charge in [-0.05, 0) is 24.3 Å². The molecule has 2 aromatic carbocycles. The number of anilines is 1. The van der Waals surface area contributed by atoms with Crippen LogP contribution in [-0.2, 0) is 10.4 Å². The highest BCUT2D eigenvalue weighted by Crippen LogP contribution is 2.43. The second-order valence-corrected chi connectivity index (χ2v) is 5.18. The van der Waals surface area contributed by atoms with Crippen molar-refractivity contribution in [3.8, 4) is 0 Å². The Balaban J connectivity index is 2.28. The number of nitrogens with one attached hydrogen (secondary N) is 1. The molecule has 1 unspecified atom stereocenters. The average molecular weight is 294 g/mol. The van der Waals surface area contributed by atoms with Crippen molar-refractivity contribution in [1.29, 1.82) is 0 Å². The number of benzene rings is 2. The second-order valence-electron chi connectivity index (χ2n) is 4.33. The van der Waals surface area contributed by atoms with E-state index in [2.05, 4.69) is 5.32 Å². The van der Waals surface area contributed by atoms with E-state index in [0.29, 0.717) is 21.3 Å². The summed E-state index contributed by atoms with van der Waals surface area (Å²) in [5.41, 5.74) is -0.474. The molecule has 1 aliphatic rings. The van der Waals surface area contributed by atoms with Gasteiger partial charge in [-0.1, -0.05) is 41.4 Å². The Hall–Kier alpha value is -1.55. The van der Waals surface area contributed by atoms with Crippen LogP contribution in [0.2, 0.25) is 10.0 Å². The number of hydrogen-bond donors (Lipinski definition) is 2. The first-order chi connectivity index (χ1) is 9.03. The molecule has 0 radical (unpaired) electrons. The lowest BCUT2D eigenvalue weighted by Gasteiger charge is -2.22. The highest BCUT2D eigenvalue weighted by atomic mass is 35.5. The van der Waals surface area contributed by atoms with Crippen LogP contribution < -0.4 is 5.32 Å². The maximum Gasteiger partial charge on any atom is 0.265 e. The zero-order valence-corrected chi connectivity index (χ0v) is 11.2.